The first-order valence-electron chi connectivity index (χ1n) is 8.19. The van der Waals surface area contributed by atoms with E-state index in [4.69, 9.17) is 9.47 Å². The fourth-order valence-electron chi connectivity index (χ4n) is 2.39. The molecule has 0 amide bonds. The molecule has 0 atom stereocenters. The van der Waals surface area contributed by atoms with E-state index < -0.39 is 0 Å². The molecule has 0 radical (unpaired) electrons. The van der Waals surface area contributed by atoms with Gasteiger partial charge in [0.15, 0.2) is 0 Å². The first-order valence-corrected chi connectivity index (χ1v) is 9.07. The number of rotatable bonds is 8. The van der Waals surface area contributed by atoms with E-state index in [0.717, 1.165) is 35.3 Å². The lowest BCUT2D eigenvalue weighted by Crippen LogP contribution is -2.13. The molecule has 0 fully saturated rings. The van der Waals surface area contributed by atoms with Crippen LogP contribution in [0.3, 0.4) is 0 Å². The maximum absolute atomic E-state index is 5.77. The van der Waals surface area contributed by atoms with Crippen LogP contribution in [0.2, 0.25) is 0 Å². The molecule has 0 saturated carbocycles. The monoisotopic (exact) mass is 354 g/mol. The van der Waals surface area contributed by atoms with Crippen molar-refractivity contribution in [2.24, 2.45) is 0 Å². The molecule has 0 aliphatic rings. The Labute approximate surface area is 152 Å². The maximum Gasteiger partial charge on any atom is 0.140 e. The van der Waals surface area contributed by atoms with E-state index in [2.05, 4.69) is 28.7 Å². The van der Waals surface area contributed by atoms with Crippen molar-refractivity contribution in [3.63, 3.8) is 0 Å². The van der Waals surface area contributed by atoms with Gasteiger partial charge in [-0.05, 0) is 36.8 Å². The Balaban J connectivity index is 1.45. The van der Waals surface area contributed by atoms with Crippen molar-refractivity contribution >= 4 is 11.3 Å². The van der Waals surface area contributed by atoms with Crippen LogP contribution in [0, 0.1) is 6.92 Å². The number of ether oxygens (including phenoxy) is 2. The molecule has 1 heterocycles. The van der Waals surface area contributed by atoms with E-state index in [9.17, 15) is 0 Å². The minimum atomic E-state index is 0.504. The third-order valence-electron chi connectivity index (χ3n) is 3.75. The normalized spacial score (nSPS) is 10.6. The zero-order valence-corrected chi connectivity index (χ0v) is 15.3. The lowest BCUT2D eigenvalue weighted by Gasteiger charge is -2.05. The minimum absolute atomic E-state index is 0.504. The highest BCUT2D eigenvalue weighted by molar-refractivity contribution is 7.09. The van der Waals surface area contributed by atoms with Crippen LogP contribution in [0.1, 0.15) is 21.8 Å². The molecule has 5 heteroatoms. The summed E-state index contributed by atoms with van der Waals surface area (Å²) in [4.78, 5) is 4.61. The number of benzene rings is 2. The van der Waals surface area contributed by atoms with Gasteiger partial charge >= 0.3 is 0 Å². The SMILES string of the molecule is COc1cccc(CNCc2csc(COc3ccc(C)cc3)n2)c1. The quantitative estimate of drug-likeness (QED) is 0.654. The molecule has 25 heavy (non-hydrogen) atoms. The van der Waals surface area contributed by atoms with Crippen LogP contribution in [-0.2, 0) is 19.7 Å². The predicted octanol–water partition coefficient (Wildman–Crippen LogP) is 4.33. The second-order valence-corrected chi connectivity index (χ2v) is 6.73. The highest BCUT2D eigenvalue weighted by Gasteiger charge is 2.04. The van der Waals surface area contributed by atoms with Crippen LogP contribution < -0.4 is 14.8 Å². The average molecular weight is 354 g/mol. The smallest absolute Gasteiger partial charge is 0.140 e. The van der Waals surface area contributed by atoms with Crippen LogP contribution in [0.4, 0.5) is 0 Å². The summed E-state index contributed by atoms with van der Waals surface area (Å²) in [6.07, 6.45) is 0. The van der Waals surface area contributed by atoms with Crippen molar-refractivity contribution in [2.45, 2.75) is 26.6 Å². The Bertz CT molecular complexity index is 799. The topological polar surface area (TPSA) is 43.4 Å². The Kier molecular flexibility index (Phi) is 6.04. The number of nitrogens with one attached hydrogen (secondary N) is 1. The lowest BCUT2D eigenvalue weighted by atomic mass is 10.2. The first-order chi connectivity index (χ1) is 12.2. The molecule has 2 aromatic carbocycles. The van der Waals surface area contributed by atoms with Crippen molar-refractivity contribution in [1.82, 2.24) is 10.3 Å². The molecule has 0 aliphatic heterocycles. The van der Waals surface area contributed by atoms with Gasteiger partial charge in [0.2, 0.25) is 0 Å². The number of aryl methyl sites for hydroxylation is 1. The molecular weight excluding hydrogens is 332 g/mol. The van der Waals surface area contributed by atoms with Gasteiger partial charge < -0.3 is 14.8 Å². The number of hydrogen-bond acceptors (Lipinski definition) is 5. The van der Waals surface area contributed by atoms with E-state index >= 15 is 0 Å². The molecule has 0 bridgehead atoms. The Morgan fingerprint density at radius 2 is 1.88 bits per heavy atom. The summed E-state index contributed by atoms with van der Waals surface area (Å²) in [5.41, 5.74) is 3.46. The zero-order valence-electron chi connectivity index (χ0n) is 14.5. The highest BCUT2D eigenvalue weighted by atomic mass is 32.1. The Morgan fingerprint density at radius 1 is 1.04 bits per heavy atom. The van der Waals surface area contributed by atoms with Crippen molar-refractivity contribution in [3.05, 3.63) is 75.7 Å². The second kappa shape index (κ2) is 8.65. The zero-order chi connectivity index (χ0) is 17.5. The van der Waals surface area contributed by atoms with Crippen LogP contribution >= 0.6 is 11.3 Å². The summed E-state index contributed by atoms with van der Waals surface area (Å²) in [6.45, 7) is 4.08. The fourth-order valence-corrected chi connectivity index (χ4v) is 3.10. The van der Waals surface area contributed by atoms with Gasteiger partial charge in [-0.2, -0.15) is 0 Å². The van der Waals surface area contributed by atoms with Gasteiger partial charge in [-0.1, -0.05) is 29.8 Å². The third kappa shape index (κ3) is 5.31. The van der Waals surface area contributed by atoms with Gasteiger partial charge in [0.1, 0.15) is 23.1 Å². The van der Waals surface area contributed by atoms with Gasteiger partial charge in [0.05, 0.1) is 12.8 Å². The molecular formula is C20H22N2O2S. The molecule has 0 spiro atoms. The summed E-state index contributed by atoms with van der Waals surface area (Å²) in [5.74, 6) is 1.75. The fraction of sp³-hybridized carbons (Fsp3) is 0.250. The molecule has 3 rings (SSSR count). The summed E-state index contributed by atoms with van der Waals surface area (Å²) < 4.78 is 11.0. The molecule has 0 unspecified atom stereocenters. The first kappa shape index (κ1) is 17.5. The van der Waals surface area contributed by atoms with Crippen molar-refractivity contribution < 1.29 is 9.47 Å². The summed E-state index contributed by atoms with van der Waals surface area (Å²) in [7, 11) is 1.68. The van der Waals surface area contributed by atoms with Crippen LogP contribution in [0.15, 0.2) is 53.9 Å². The maximum atomic E-state index is 5.77. The average Bonchev–Trinajstić information content (AvgIpc) is 3.09. The standard InChI is InChI=1S/C20H22N2O2S/c1-15-6-8-18(9-7-15)24-13-20-22-17(14-25-20)12-21-11-16-4-3-5-19(10-16)23-2/h3-10,14,21H,11-13H2,1-2H3. The second-order valence-electron chi connectivity index (χ2n) is 5.79. The molecule has 4 nitrogen and oxygen atoms in total. The van der Waals surface area contributed by atoms with Crippen LogP contribution in [0.25, 0.3) is 0 Å². The number of methoxy groups -OCH3 is 1. The van der Waals surface area contributed by atoms with E-state index in [1.165, 1.54) is 11.1 Å². The van der Waals surface area contributed by atoms with Crippen molar-refractivity contribution in [2.75, 3.05) is 7.11 Å². The van der Waals surface area contributed by atoms with Gasteiger partial charge in [-0.25, -0.2) is 4.98 Å². The number of aromatic nitrogens is 1. The largest absolute Gasteiger partial charge is 0.497 e. The summed E-state index contributed by atoms with van der Waals surface area (Å²) >= 11 is 1.63. The summed E-state index contributed by atoms with van der Waals surface area (Å²) in [5, 5.41) is 6.47. The van der Waals surface area contributed by atoms with E-state index in [-0.39, 0.29) is 0 Å². The van der Waals surface area contributed by atoms with Crippen LogP contribution in [0.5, 0.6) is 11.5 Å². The van der Waals surface area contributed by atoms with Crippen LogP contribution in [-0.4, -0.2) is 12.1 Å². The number of thiazole rings is 1. The Hall–Kier alpha value is -2.37. The van der Waals surface area contributed by atoms with E-state index in [1.807, 2.05) is 42.5 Å². The highest BCUT2D eigenvalue weighted by Crippen LogP contribution is 2.16. The lowest BCUT2D eigenvalue weighted by molar-refractivity contribution is 0.305. The third-order valence-corrected chi connectivity index (χ3v) is 4.62. The van der Waals surface area contributed by atoms with E-state index in [0.29, 0.717) is 6.61 Å². The molecule has 1 aromatic heterocycles. The molecule has 1 N–H and O–H groups in total. The molecule has 130 valence electrons. The molecule has 0 saturated heterocycles. The molecule has 3 aromatic rings. The number of hydrogen-bond donors (Lipinski definition) is 1. The van der Waals surface area contributed by atoms with Gasteiger partial charge in [-0.3, -0.25) is 0 Å². The van der Waals surface area contributed by atoms with Crippen molar-refractivity contribution in [1.29, 1.82) is 0 Å². The van der Waals surface area contributed by atoms with Gasteiger partial charge in [0.25, 0.3) is 0 Å². The summed E-state index contributed by atoms with van der Waals surface area (Å²) in [6, 6.07) is 16.1. The number of nitrogens with zero attached hydrogens (tertiary/aromatic N) is 1. The molecule has 0 aliphatic carbocycles. The van der Waals surface area contributed by atoms with Gasteiger partial charge in [0, 0.05) is 18.5 Å². The predicted molar refractivity (Wildman–Crippen MR) is 101 cm³/mol. The van der Waals surface area contributed by atoms with Gasteiger partial charge in [-0.15, -0.1) is 11.3 Å². The van der Waals surface area contributed by atoms with Crippen molar-refractivity contribution in [3.8, 4) is 11.5 Å². The Morgan fingerprint density at radius 3 is 2.68 bits per heavy atom. The minimum Gasteiger partial charge on any atom is -0.497 e. The van der Waals surface area contributed by atoms with E-state index in [1.54, 1.807) is 18.4 Å².